The fourth-order valence-corrected chi connectivity index (χ4v) is 3.11. The van der Waals surface area contributed by atoms with Crippen molar-refractivity contribution in [1.82, 2.24) is 9.55 Å². The highest BCUT2D eigenvalue weighted by molar-refractivity contribution is 5.75. The van der Waals surface area contributed by atoms with E-state index >= 15 is 0 Å². The predicted octanol–water partition coefficient (Wildman–Crippen LogP) is 3.12. The van der Waals surface area contributed by atoms with Crippen molar-refractivity contribution in [1.29, 1.82) is 0 Å². The van der Waals surface area contributed by atoms with Gasteiger partial charge in [-0.2, -0.15) is 0 Å². The monoisotopic (exact) mass is 257 g/mol. The number of aromatic nitrogens is 2. The Bertz CT molecular complexity index is 554. The van der Waals surface area contributed by atoms with Crippen LogP contribution < -0.4 is 5.73 Å². The van der Waals surface area contributed by atoms with Gasteiger partial charge < -0.3 is 10.3 Å². The molecule has 1 unspecified atom stereocenters. The Hall–Kier alpha value is -1.35. The number of imidazole rings is 1. The van der Waals surface area contributed by atoms with Crippen molar-refractivity contribution in [3.05, 3.63) is 30.1 Å². The number of nitrogens with two attached hydrogens (primary N) is 1. The lowest BCUT2D eigenvalue weighted by atomic mass is 9.80. The van der Waals surface area contributed by atoms with E-state index in [0.29, 0.717) is 0 Å². The lowest BCUT2D eigenvalue weighted by Crippen LogP contribution is -2.29. The van der Waals surface area contributed by atoms with Crippen LogP contribution in [-0.4, -0.2) is 15.6 Å². The number of hydrogen-bond acceptors (Lipinski definition) is 2. The van der Waals surface area contributed by atoms with Crippen LogP contribution in [-0.2, 0) is 13.0 Å². The number of benzene rings is 1. The fraction of sp³-hybridized carbons (Fsp3) is 0.562. The van der Waals surface area contributed by atoms with Crippen LogP contribution >= 0.6 is 0 Å². The third kappa shape index (κ3) is 2.52. The van der Waals surface area contributed by atoms with Crippen LogP contribution in [0.1, 0.15) is 38.4 Å². The van der Waals surface area contributed by atoms with Gasteiger partial charge in [-0.15, -0.1) is 0 Å². The van der Waals surface area contributed by atoms with E-state index in [0.717, 1.165) is 36.6 Å². The number of aryl methyl sites for hydroxylation is 1. The van der Waals surface area contributed by atoms with E-state index in [9.17, 15) is 0 Å². The molecule has 1 fully saturated rings. The molecule has 1 aliphatic carbocycles. The van der Waals surface area contributed by atoms with Crippen LogP contribution in [0.25, 0.3) is 11.0 Å². The molecule has 19 heavy (non-hydrogen) atoms. The van der Waals surface area contributed by atoms with Gasteiger partial charge in [-0.1, -0.05) is 31.4 Å². The summed E-state index contributed by atoms with van der Waals surface area (Å²) in [7, 11) is 0. The Morgan fingerprint density at radius 3 is 2.84 bits per heavy atom. The Kier molecular flexibility index (Phi) is 3.56. The second kappa shape index (κ2) is 5.33. The number of fused-ring (bicyclic) bond motifs is 1. The molecule has 1 aliphatic rings. The third-order valence-corrected chi connectivity index (χ3v) is 4.36. The Balaban J connectivity index is 1.79. The number of para-hydroxylation sites is 2. The minimum absolute atomic E-state index is 0.257. The summed E-state index contributed by atoms with van der Waals surface area (Å²) >= 11 is 0. The number of nitrogens with zero attached hydrogens (tertiary/aromatic N) is 2. The van der Waals surface area contributed by atoms with Gasteiger partial charge in [-0.05, 0) is 31.4 Å². The molecule has 102 valence electrons. The third-order valence-electron chi connectivity index (χ3n) is 4.36. The van der Waals surface area contributed by atoms with Crippen LogP contribution in [0.4, 0.5) is 0 Å². The van der Waals surface area contributed by atoms with Crippen LogP contribution in [0.5, 0.6) is 0 Å². The molecular formula is C16H23N3. The summed E-state index contributed by atoms with van der Waals surface area (Å²) in [5.41, 5.74) is 8.63. The second-order valence-corrected chi connectivity index (χ2v) is 5.76. The van der Waals surface area contributed by atoms with E-state index < -0.39 is 0 Å². The zero-order valence-electron chi connectivity index (χ0n) is 11.7. The smallest absolute Gasteiger partial charge is 0.111 e. The first-order valence-electron chi connectivity index (χ1n) is 7.47. The molecule has 0 aliphatic heterocycles. The summed E-state index contributed by atoms with van der Waals surface area (Å²) < 4.78 is 2.30. The molecule has 0 amide bonds. The quantitative estimate of drug-likeness (QED) is 0.894. The first-order valence-corrected chi connectivity index (χ1v) is 7.47. The van der Waals surface area contributed by atoms with E-state index in [1.54, 1.807) is 0 Å². The summed E-state index contributed by atoms with van der Waals surface area (Å²) in [6.07, 6.45) is 6.20. The summed E-state index contributed by atoms with van der Waals surface area (Å²) in [5, 5.41) is 0. The molecule has 1 atom stereocenters. The zero-order valence-corrected chi connectivity index (χ0v) is 11.7. The molecule has 3 rings (SSSR count). The van der Waals surface area contributed by atoms with E-state index in [2.05, 4.69) is 29.7 Å². The molecule has 1 aromatic carbocycles. The topological polar surface area (TPSA) is 43.8 Å². The van der Waals surface area contributed by atoms with Crippen LogP contribution in [0.2, 0.25) is 0 Å². The van der Waals surface area contributed by atoms with Crippen LogP contribution in [0.15, 0.2) is 24.3 Å². The molecule has 0 spiro atoms. The Morgan fingerprint density at radius 2 is 2.16 bits per heavy atom. The molecule has 1 aromatic heterocycles. The second-order valence-electron chi connectivity index (χ2n) is 5.76. The van der Waals surface area contributed by atoms with Crippen molar-refractivity contribution in [3.8, 4) is 0 Å². The number of rotatable bonds is 5. The highest BCUT2D eigenvalue weighted by atomic mass is 15.1. The first kappa shape index (κ1) is 12.7. The Labute approximate surface area is 114 Å². The van der Waals surface area contributed by atoms with Crippen LogP contribution in [0.3, 0.4) is 0 Å². The van der Waals surface area contributed by atoms with Crippen molar-refractivity contribution in [2.24, 2.45) is 11.7 Å². The molecule has 3 heteroatoms. The van der Waals surface area contributed by atoms with Gasteiger partial charge in [-0.25, -0.2) is 4.98 Å². The normalized spacial score (nSPS) is 17.6. The van der Waals surface area contributed by atoms with E-state index in [1.807, 2.05) is 6.07 Å². The fourth-order valence-electron chi connectivity index (χ4n) is 3.11. The average molecular weight is 257 g/mol. The maximum atomic E-state index is 6.31. The van der Waals surface area contributed by atoms with Crippen molar-refractivity contribution in [2.45, 2.75) is 51.6 Å². The molecule has 2 N–H and O–H groups in total. The summed E-state index contributed by atoms with van der Waals surface area (Å²) in [5.74, 6) is 2.02. The summed E-state index contributed by atoms with van der Waals surface area (Å²) in [6, 6.07) is 8.61. The highest BCUT2D eigenvalue weighted by Crippen LogP contribution is 2.30. The molecule has 3 nitrogen and oxygen atoms in total. The van der Waals surface area contributed by atoms with Crippen LogP contribution in [0, 0.1) is 5.92 Å². The zero-order chi connectivity index (χ0) is 13.2. The van der Waals surface area contributed by atoms with Gasteiger partial charge in [0, 0.05) is 19.0 Å². The molecular weight excluding hydrogens is 234 g/mol. The van der Waals surface area contributed by atoms with Gasteiger partial charge in [0.05, 0.1) is 11.0 Å². The summed E-state index contributed by atoms with van der Waals surface area (Å²) in [6.45, 7) is 3.14. The van der Waals surface area contributed by atoms with E-state index in [-0.39, 0.29) is 6.04 Å². The lowest BCUT2D eigenvalue weighted by Gasteiger charge is -2.28. The lowest BCUT2D eigenvalue weighted by molar-refractivity contribution is 0.274. The molecule has 0 bridgehead atoms. The predicted molar refractivity (Wildman–Crippen MR) is 79.0 cm³/mol. The molecule has 0 saturated heterocycles. The molecule has 1 saturated carbocycles. The van der Waals surface area contributed by atoms with E-state index in [4.69, 9.17) is 10.7 Å². The minimum Gasteiger partial charge on any atom is -0.328 e. The first-order chi connectivity index (χ1) is 9.28. The largest absolute Gasteiger partial charge is 0.328 e. The molecule has 2 aromatic rings. The molecule has 0 radical (unpaired) electrons. The van der Waals surface area contributed by atoms with Crippen molar-refractivity contribution < 1.29 is 0 Å². The Morgan fingerprint density at radius 1 is 1.37 bits per heavy atom. The van der Waals surface area contributed by atoms with Crippen molar-refractivity contribution in [3.63, 3.8) is 0 Å². The van der Waals surface area contributed by atoms with Gasteiger partial charge >= 0.3 is 0 Å². The van der Waals surface area contributed by atoms with Gasteiger partial charge in [0.2, 0.25) is 0 Å². The van der Waals surface area contributed by atoms with Crippen molar-refractivity contribution >= 4 is 11.0 Å². The SMILES string of the molecule is CCn1c(CC(N)CC2CCC2)nc2ccccc21. The summed E-state index contributed by atoms with van der Waals surface area (Å²) in [4.78, 5) is 4.76. The number of hydrogen-bond donors (Lipinski definition) is 1. The maximum Gasteiger partial charge on any atom is 0.111 e. The van der Waals surface area contributed by atoms with Crippen molar-refractivity contribution in [2.75, 3.05) is 0 Å². The minimum atomic E-state index is 0.257. The van der Waals surface area contributed by atoms with Gasteiger partial charge in [0.15, 0.2) is 0 Å². The van der Waals surface area contributed by atoms with Gasteiger partial charge in [-0.3, -0.25) is 0 Å². The molecule has 1 heterocycles. The van der Waals surface area contributed by atoms with Gasteiger partial charge in [0.25, 0.3) is 0 Å². The average Bonchev–Trinajstić information content (AvgIpc) is 2.71. The van der Waals surface area contributed by atoms with Gasteiger partial charge in [0.1, 0.15) is 5.82 Å². The maximum absolute atomic E-state index is 6.31. The van der Waals surface area contributed by atoms with E-state index in [1.165, 1.54) is 24.8 Å². The standard InChI is InChI=1S/C16H23N3/c1-2-19-15-9-4-3-8-14(15)18-16(19)11-13(17)10-12-6-5-7-12/h3-4,8-9,12-13H,2,5-7,10-11,17H2,1H3. The highest BCUT2D eigenvalue weighted by Gasteiger charge is 2.21.